The standard InChI is InChI=1S/C15H18ClN7O2S2/c1-15(7-27(24)23(3)14(18)20-15)11-9(16)4-10(26-11)13-22-21-12(25-13)8(5-17)6-19-2/h4-6,17,19H,7H2,1-3H3,(H2,18,20)/b8-6+,17-5?/t15-,27?/m0/s1. The van der Waals surface area contributed by atoms with Crippen molar-refractivity contribution in [1.29, 1.82) is 10.8 Å². The number of nitrogens with zero attached hydrogens (tertiary/aromatic N) is 3. The fraction of sp³-hybridized carbons (Fsp3) is 0.333. The maximum Gasteiger partial charge on any atom is 0.258 e. The lowest BCUT2D eigenvalue weighted by Crippen LogP contribution is -2.60. The zero-order chi connectivity index (χ0) is 19.8. The number of nitrogens with one attached hydrogen (secondary N) is 4. The molecule has 0 saturated carbocycles. The molecule has 3 rings (SSSR count). The molecule has 0 amide bonds. The van der Waals surface area contributed by atoms with Crippen LogP contribution in [-0.4, -0.2) is 51.1 Å². The molecule has 4 N–H and O–H groups in total. The quantitative estimate of drug-likeness (QED) is 0.423. The summed E-state index contributed by atoms with van der Waals surface area (Å²) >= 11 is 6.44. The molecule has 1 unspecified atom stereocenters. The van der Waals surface area contributed by atoms with E-state index in [0.29, 0.717) is 15.5 Å². The maximum absolute atomic E-state index is 12.3. The van der Waals surface area contributed by atoms with Gasteiger partial charge in [-0.25, -0.2) is 0 Å². The fourth-order valence-corrected chi connectivity index (χ4v) is 5.37. The Morgan fingerprint density at radius 1 is 1.59 bits per heavy atom. The van der Waals surface area contributed by atoms with Crippen molar-refractivity contribution in [1.82, 2.24) is 25.1 Å². The predicted octanol–water partition coefficient (Wildman–Crippen LogP) is 2.01. The second kappa shape index (κ2) is 7.50. The minimum absolute atomic E-state index is 0.0704. The first kappa shape index (κ1) is 19.7. The van der Waals surface area contributed by atoms with Gasteiger partial charge in [-0.1, -0.05) is 11.6 Å². The number of halogens is 1. The molecule has 0 radical (unpaired) electrons. The molecular formula is C15H18ClN7O2S2. The van der Waals surface area contributed by atoms with Crippen molar-refractivity contribution in [2.75, 3.05) is 19.8 Å². The van der Waals surface area contributed by atoms with E-state index in [1.54, 1.807) is 26.4 Å². The van der Waals surface area contributed by atoms with Crippen LogP contribution in [0.3, 0.4) is 0 Å². The number of aromatic nitrogens is 2. The van der Waals surface area contributed by atoms with Gasteiger partial charge in [0.05, 0.1) is 38.8 Å². The van der Waals surface area contributed by atoms with Gasteiger partial charge >= 0.3 is 0 Å². The molecule has 9 nitrogen and oxygen atoms in total. The highest BCUT2D eigenvalue weighted by Gasteiger charge is 2.44. The first-order valence-corrected chi connectivity index (χ1v) is 10.3. The SMILES string of the molecule is CN/C=C(\C=N)c1nnc(-c2cc(Cl)c([C@]3(C)C[S+]([O-])N(C)C(=N)N3)s2)o1. The molecule has 2 aromatic rings. The van der Waals surface area contributed by atoms with Gasteiger partial charge in [0.1, 0.15) is 5.54 Å². The van der Waals surface area contributed by atoms with Crippen molar-refractivity contribution < 1.29 is 8.97 Å². The molecule has 2 atom stereocenters. The summed E-state index contributed by atoms with van der Waals surface area (Å²) in [5.74, 6) is 0.844. The summed E-state index contributed by atoms with van der Waals surface area (Å²) in [5.41, 5.74) is -0.296. The predicted molar refractivity (Wildman–Crippen MR) is 107 cm³/mol. The van der Waals surface area contributed by atoms with Gasteiger partial charge in [0.2, 0.25) is 5.96 Å². The van der Waals surface area contributed by atoms with Crippen molar-refractivity contribution in [3.63, 3.8) is 0 Å². The summed E-state index contributed by atoms with van der Waals surface area (Å²) in [4.78, 5) is 1.39. The molecule has 0 spiro atoms. The summed E-state index contributed by atoms with van der Waals surface area (Å²) in [5, 5.41) is 29.8. The van der Waals surface area contributed by atoms with Crippen LogP contribution in [0.4, 0.5) is 0 Å². The number of thiophene rings is 1. The maximum atomic E-state index is 12.3. The Labute approximate surface area is 168 Å². The highest BCUT2D eigenvalue weighted by atomic mass is 35.5. The van der Waals surface area contributed by atoms with Gasteiger partial charge in [-0.2, -0.15) is 4.31 Å². The van der Waals surface area contributed by atoms with Crippen molar-refractivity contribution >= 4 is 52.0 Å². The third-order valence-electron chi connectivity index (χ3n) is 3.95. The van der Waals surface area contributed by atoms with Gasteiger partial charge in [-0.15, -0.1) is 21.5 Å². The zero-order valence-corrected chi connectivity index (χ0v) is 17.2. The Morgan fingerprint density at radius 3 is 2.96 bits per heavy atom. The Hall–Kier alpha value is -2.08. The van der Waals surface area contributed by atoms with E-state index in [1.807, 2.05) is 6.92 Å². The highest BCUT2D eigenvalue weighted by Crippen LogP contribution is 2.42. The van der Waals surface area contributed by atoms with Gasteiger partial charge in [0, 0.05) is 19.5 Å². The largest absolute Gasteiger partial charge is 0.593 e. The van der Waals surface area contributed by atoms with Crippen LogP contribution < -0.4 is 10.6 Å². The molecule has 2 aromatic heterocycles. The minimum atomic E-state index is -1.33. The lowest BCUT2D eigenvalue weighted by atomic mass is 10.0. The second-order valence-corrected chi connectivity index (χ2v) is 8.94. The molecule has 0 bridgehead atoms. The molecule has 0 aromatic carbocycles. The summed E-state index contributed by atoms with van der Waals surface area (Å²) in [7, 11) is 3.31. The van der Waals surface area contributed by atoms with Crippen molar-refractivity contribution in [3.8, 4) is 10.8 Å². The number of guanidine groups is 1. The first-order valence-electron chi connectivity index (χ1n) is 7.80. The normalized spacial score (nSPS) is 23.3. The molecule has 1 fully saturated rings. The summed E-state index contributed by atoms with van der Waals surface area (Å²) in [6.07, 6.45) is 2.70. The number of hydrogen-bond donors (Lipinski definition) is 4. The average molecular weight is 428 g/mol. The Morgan fingerprint density at radius 2 is 2.33 bits per heavy atom. The highest BCUT2D eigenvalue weighted by molar-refractivity contribution is 7.89. The van der Waals surface area contributed by atoms with Gasteiger partial charge < -0.3 is 25.0 Å². The van der Waals surface area contributed by atoms with E-state index in [4.69, 9.17) is 26.8 Å². The first-order chi connectivity index (χ1) is 12.8. The molecule has 1 saturated heterocycles. The van der Waals surface area contributed by atoms with E-state index in [2.05, 4.69) is 20.8 Å². The van der Waals surface area contributed by atoms with Crippen molar-refractivity contribution in [3.05, 3.63) is 28.1 Å². The molecule has 1 aliphatic heterocycles. The molecule has 27 heavy (non-hydrogen) atoms. The number of rotatable bonds is 5. The number of allylic oxidation sites excluding steroid dienone is 1. The van der Waals surface area contributed by atoms with Crippen LogP contribution in [0.5, 0.6) is 0 Å². The Balaban J connectivity index is 1.94. The third-order valence-corrected chi connectivity index (χ3v) is 7.37. The topological polar surface area (TPSA) is 137 Å². The van der Waals surface area contributed by atoms with Crippen LogP contribution in [0.15, 0.2) is 16.7 Å². The molecular weight excluding hydrogens is 410 g/mol. The molecule has 144 valence electrons. The third kappa shape index (κ3) is 3.68. The minimum Gasteiger partial charge on any atom is -0.593 e. The van der Waals surface area contributed by atoms with E-state index in [0.717, 1.165) is 11.1 Å². The summed E-state index contributed by atoms with van der Waals surface area (Å²) in [6, 6.07) is 1.71. The smallest absolute Gasteiger partial charge is 0.258 e. The van der Waals surface area contributed by atoms with Crippen LogP contribution >= 0.6 is 22.9 Å². The van der Waals surface area contributed by atoms with Crippen LogP contribution in [0.1, 0.15) is 17.7 Å². The molecule has 12 heteroatoms. The zero-order valence-electron chi connectivity index (χ0n) is 14.8. The van der Waals surface area contributed by atoms with E-state index in [9.17, 15) is 4.55 Å². The van der Waals surface area contributed by atoms with Crippen LogP contribution in [0.2, 0.25) is 5.02 Å². The van der Waals surface area contributed by atoms with E-state index >= 15 is 0 Å². The molecule has 0 aliphatic carbocycles. The summed E-state index contributed by atoms with van der Waals surface area (Å²) in [6.45, 7) is 1.86. The van der Waals surface area contributed by atoms with E-state index < -0.39 is 16.9 Å². The van der Waals surface area contributed by atoms with Crippen molar-refractivity contribution in [2.24, 2.45) is 0 Å². The monoisotopic (exact) mass is 427 g/mol. The van der Waals surface area contributed by atoms with Crippen LogP contribution in [0, 0.1) is 10.8 Å². The Bertz CT molecular complexity index is 912. The van der Waals surface area contributed by atoms with Crippen LogP contribution in [0.25, 0.3) is 16.3 Å². The second-order valence-electron chi connectivity index (χ2n) is 6.00. The fourth-order valence-electron chi connectivity index (χ4n) is 2.55. The lowest BCUT2D eigenvalue weighted by molar-refractivity contribution is 0.424. The lowest BCUT2D eigenvalue weighted by Gasteiger charge is -2.39. The molecule has 3 heterocycles. The molecule has 1 aliphatic rings. The average Bonchev–Trinajstić information content (AvgIpc) is 3.24. The number of hydrogen-bond acceptors (Lipinski definition) is 8. The van der Waals surface area contributed by atoms with Gasteiger partial charge in [0.25, 0.3) is 11.8 Å². The van der Waals surface area contributed by atoms with Crippen molar-refractivity contribution in [2.45, 2.75) is 12.5 Å². The van der Waals surface area contributed by atoms with Gasteiger partial charge in [0.15, 0.2) is 5.75 Å². The Kier molecular flexibility index (Phi) is 5.47. The van der Waals surface area contributed by atoms with Crippen LogP contribution in [-0.2, 0) is 16.9 Å². The van der Waals surface area contributed by atoms with Gasteiger partial charge in [-0.05, 0) is 13.0 Å². The van der Waals surface area contributed by atoms with E-state index in [-0.39, 0.29) is 23.5 Å². The van der Waals surface area contributed by atoms with Gasteiger partial charge in [-0.3, -0.25) is 5.41 Å². The summed E-state index contributed by atoms with van der Waals surface area (Å²) < 4.78 is 19.3. The van der Waals surface area contributed by atoms with E-state index in [1.165, 1.54) is 15.6 Å².